The van der Waals surface area contributed by atoms with Gasteiger partial charge in [0.2, 0.25) is 5.91 Å². The fourth-order valence-electron chi connectivity index (χ4n) is 3.50. The first-order valence-corrected chi connectivity index (χ1v) is 10.0. The van der Waals surface area contributed by atoms with Crippen molar-refractivity contribution in [3.63, 3.8) is 0 Å². The van der Waals surface area contributed by atoms with Gasteiger partial charge in [-0.05, 0) is 72.5 Å². The monoisotopic (exact) mass is 432 g/mol. The first-order chi connectivity index (χ1) is 13.0. The van der Waals surface area contributed by atoms with E-state index in [0.717, 1.165) is 54.7 Å². The van der Waals surface area contributed by atoms with Crippen LogP contribution in [0.15, 0.2) is 41.0 Å². The molecule has 0 unspecified atom stereocenters. The Bertz CT molecular complexity index is 825. The maximum atomic E-state index is 12.6. The van der Waals surface area contributed by atoms with E-state index in [-0.39, 0.29) is 17.7 Å². The number of likely N-dealkylation sites (tertiary alicyclic amines) is 1. The summed E-state index contributed by atoms with van der Waals surface area (Å²) in [6, 6.07) is 9.74. The molecule has 0 radical (unpaired) electrons. The van der Waals surface area contributed by atoms with Gasteiger partial charge >= 0.3 is 0 Å². The van der Waals surface area contributed by atoms with Crippen molar-refractivity contribution in [2.45, 2.75) is 32.9 Å². The Labute approximate surface area is 167 Å². The molecule has 1 fully saturated rings. The second-order valence-electron chi connectivity index (χ2n) is 6.94. The third kappa shape index (κ3) is 4.99. The highest BCUT2D eigenvalue weighted by molar-refractivity contribution is 9.10. The van der Waals surface area contributed by atoms with Gasteiger partial charge in [0.05, 0.1) is 0 Å². The van der Waals surface area contributed by atoms with Crippen LogP contribution in [0.4, 0.5) is 5.69 Å². The Morgan fingerprint density at radius 3 is 2.67 bits per heavy atom. The number of rotatable bonds is 6. The molecule has 2 amide bonds. The van der Waals surface area contributed by atoms with E-state index in [1.165, 1.54) is 0 Å². The van der Waals surface area contributed by atoms with E-state index in [1.54, 1.807) is 0 Å². The number of amides is 2. The smallest absolute Gasteiger partial charge is 0.272 e. The highest BCUT2D eigenvalue weighted by Crippen LogP contribution is 2.21. The normalized spacial score (nSPS) is 15.6. The van der Waals surface area contributed by atoms with Crippen molar-refractivity contribution in [2.24, 2.45) is 11.7 Å². The van der Waals surface area contributed by atoms with E-state index < -0.39 is 0 Å². The summed E-state index contributed by atoms with van der Waals surface area (Å²) in [6.07, 6.45) is 3.53. The molecule has 1 aliphatic heterocycles. The molecule has 0 spiro atoms. The molecule has 27 heavy (non-hydrogen) atoms. The molecule has 1 saturated heterocycles. The number of hydrogen-bond donors (Lipinski definition) is 2. The zero-order valence-electron chi connectivity index (χ0n) is 15.5. The molecule has 144 valence electrons. The lowest BCUT2D eigenvalue weighted by Gasteiger charge is -2.30. The third-order valence-corrected chi connectivity index (χ3v) is 5.45. The van der Waals surface area contributed by atoms with Crippen LogP contribution < -0.4 is 11.1 Å². The standard InChI is InChI=1S/C20H25BrN4O2/c1-2-25-13-16(21)11-18(25)20(27)23-17-5-3-4-14(10-17)12-24-8-6-15(7-9-24)19(22)26/h3-5,10-11,13,15H,2,6-9,12H2,1H3,(H2,22,26)(H,23,27). The number of nitrogens with zero attached hydrogens (tertiary/aromatic N) is 2. The van der Waals surface area contributed by atoms with E-state index in [9.17, 15) is 9.59 Å². The van der Waals surface area contributed by atoms with Gasteiger partial charge in [-0.15, -0.1) is 0 Å². The van der Waals surface area contributed by atoms with Crippen LogP contribution >= 0.6 is 15.9 Å². The summed E-state index contributed by atoms with van der Waals surface area (Å²) in [4.78, 5) is 26.2. The average molecular weight is 433 g/mol. The molecule has 0 bridgehead atoms. The first kappa shape index (κ1) is 19.6. The van der Waals surface area contributed by atoms with Crippen molar-refractivity contribution in [3.05, 3.63) is 52.3 Å². The topological polar surface area (TPSA) is 80.4 Å². The van der Waals surface area contributed by atoms with E-state index >= 15 is 0 Å². The molecular weight excluding hydrogens is 408 g/mol. The lowest BCUT2D eigenvalue weighted by atomic mass is 9.96. The second kappa shape index (κ2) is 8.71. The zero-order valence-corrected chi connectivity index (χ0v) is 17.0. The molecule has 3 N–H and O–H groups in total. The van der Waals surface area contributed by atoms with Crippen molar-refractivity contribution >= 4 is 33.4 Å². The van der Waals surface area contributed by atoms with E-state index in [2.05, 4.69) is 32.2 Å². The lowest BCUT2D eigenvalue weighted by molar-refractivity contribution is -0.123. The van der Waals surface area contributed by atoms with E-state index in [0.29, 0.717) is 5.69 Å². The summed E-state index contributed by atoms with van der Waals surface area (Å²) in [5.74, 6) is -0.314. The highest BCUT2D eigenvalue weighted by Gasteiger charge is 2.23. The molecule has 7 heteroatoms. The first-order valence-electron chi connectivity index (χ1n) is 9.24. The number of benzene rings is 1. The van der Waals surface area contributed by atoms with Gasteiger partial charge in [-0.25, -0.2) is 0 Å². The van der Waals surface area contributed by atoms with Gasteiger partial charge in [-0.1, -0.05) is 12.1 Å². The SMILES string of the molecule is CCn1cc(Br)cc1C(=O)Nc1cccc(CN2CCC(C(N)=O)CC2)c1. The summed E-state index contributed by atoms with van der Waals surface area (Å²) in [5, 5.41) is 2.99. The molecule has 1 aromatic carbocycles. The van der Waals surface area contributed by atoms with Crippen LogP contribution in [0.5, 0.6) is 0 Å². The van der Waals surface area contributed by atoms with Crippen LogP contribution in [0.1, 0.15) is 35.8 Å². The average Bonchev–Trinajstić information content (AvgIpc) is 3.03. The van der Waals surface area contributed by atoms with Crippen LogP contribution in [0.25, 0.3) is 0 Å². The number of carbonyl (C=O) groups excluding carboxylic acids is 2. The predicted octanol–water partition coefficient (Wildman–Crippen LogP) is 3.22. The Morgan fingerprint density at radius 2 is 2.00 bits per heavy atom. The van der Waals surface area contributed by atoms with Crippen LogP contribution in [0, 0.1) is 5.92 Å². The molecule has 2 heterocycles. The molecular formula is C20H25BrN4O2. The molecule has 0 atom stereocenters. The van der Waals surface area contributed by atoms with Gasteiger partial charge < -0.3 is 15.6 Å². The number of hydrogen-bond acceptors (Lipinski definition) is 3. The van der Waals surface area contributed by atoms with Crippen LogP contribution in [0.2, 0.25) is 0 Å². The van der Waals surface area contributed by atoms with Gasteiger partial charge in [0, 0.05) is 35.4 Å². The Balaban J connectivity index is 1.62. The van der Waals surface area contributed by atoms with E-state index in [4.69, 9.17) is 5.73 Å². The van der Waals surface area contributed by atoms with Crippen molar-refractivity contribution < 1.29 is 9.59 Å². The van der Waals surface area contributed by atoms with Gasteiger partial charge in [-0.2, -0.15) is 0 Å². The fourth-order valence-corrected chi connectivity index (χ4v) is 3.97. The summed E-state index contributed by atoms with van der Waals surface area (Å²) in [5.41, 5.74) is 7.95. The molecule has 0 aliphatic carbocycles. The van der Waals surface area contributed by atoms with Crippen LogP contribution in [-0.2, 0) is 17.9 Å². The van der Waals surface area contributed by atoms with Crippen LogP contribution in [-0.4, -0.2) is 34.4 Å². The number of aryl methyl sites for hydroxylation is 1. The number of carbonyl (C=O) groups is 2. The quantitative estimate of drug-likeness (QED) is 0.734. The van der Waals surface area contributed by atoms with E-state index in [1.807, 2.05) is 42.0 Å². The number of nitrogens with two attached hydrogens (primary N) is 1. The van der Waals surface area contributed by atoms with Crippen LogP contribution in [0.3, 0.4) is 0 Å². The minimum Gasteiger partial charge on any atom is -0.369 e. The van der Waals surface area contributed by atoms with Gasteiger partial charge in [0.15, 0.2) is 0 Å². The summed E-state index contributed by atoms with van der Waals surface area (Å²) >= 11 is 3.42. The third-order valence-electron chi connectivity index (χ3n) is 5.02. The fraction of sp³-hybridized carbons (Fsp3) is 0.400. The predicted molar refractivity (Wildman–Crippen MR) is 109 cm³/mol. The molecule has 0 saturated carbocycles. The maximum Gasteiger partial charge on any atom is 0.272 e. The number of aromatic nitrogens is 1. The number of anilines is 1. The van der Waals surface area contributed by atoms with Gasteiger partial charge in [-0.3, -0.25) is 14.5 Å². The van der Waals surface area contributed by atoms with Crippen molar-refractivity contribution in [1.82, 2.24) is 9.47 Å². The molecule has 3 rings (SSSR count). The maximum absolute atomic E-state index is 12.6. The molecule has 6 nitrogen and oxygen atoms in total. The van der Waals surface area contributed by atoms with Gasteiger partial charge in [0.1, 0.15) is 5.69 Å². The Morgan fingerprint density at radius 1 is 1.26 bits per heavy atom. The zero-order chi connectivity index (χ0) is 19.4. The second-order valence-corrected chi connectivity index (χ2v) is 7.85. The number of nitrogens with one attached hydrogen (secondary N) is 1. The largest absolute Gasteiger partial charge is 0.369 e. The van der Waals surface area contributed by atoms with Crippen molar-refractivity contribution in [2.75, 3.05) is 18.4 Å². The summed E-state index contributed by atoms with van der Waals surface area (Å²) < 4.78 is 2.80. The van der Waals surface area contributed by atoms with Crippen molar-refractivity contribution in [3.8, 4) is 0 Å². The van der Waals surface area contributed by atoms with Gasteiger partial charge in [0.25, 0.3) is 5.91 Å². The summed E-state index contributed by atoms with van der Waals surface area (Å²) in [6.45, 7) is 5.26. The minimum absolute atomic E-state index is 0.000930. The molecule has 1 aliphatic rings. The highest BCUT2D eigenvalue weighted by atomic mass is 79.9. The van der Waals surface area contributed by atoms with Crippen molar-refractivity contribution in [1.29, 1.82) is 0 Å². The number of primary amides is 1. The molecule has 1 aromatic heterocycles. The Hall–Kier alpha value is -2.12. The number of halogens is 1. The lowest BCUT2D eigenvalue weighted by Crippen LogP contribution is -2.38. The molecule has 2 aromatic rings. The Kier molecular flexibility index (Phi) is 6.34. The summed E-state index contributed by atoms with van der Waals surface area (Å²) in [7, 11) is 0. The minimum atomic E-state index is -0.192. The number of piperidine rings is 1.